The van der Waals surface area contributed by atoms with Gasteiger partial charge in [-0.05, 0) is 37.3 Å². The number of carbonyl (C=O) groups is 1. The molecule has 0 aliphatic carbocycles. The second-order valence-electron chi connectivity index (χ2n) is 5.33. The highest BCUT2D eigenvalue weighted by Crippen LogP contribution is 2.26. The lowest BCUT2D eigenvalue weighted by Crippen LogP contribution is -2.14. The van der Waals surface area contributed by atoms with Crippen LogP contribution in [0.3, 0.4) is 0 Å². The number of anilines is 1. The molecule has 0 saturated carbocycles. The van der Waals surface area contributed by atoms with Crippen LogP contribution in [0.1, 0.15) is 15.9 Å². The van der Waals surface area contributed by atoms with Crippen LogP contribution in [0.4, 0.5) is 10.8 Å². The van der Waals surface area contributed by atoms with Crippen molar-refractivity contribution in [2.75, 3.05) is 12.4 Å². The molecule has 0 saturated heterocycles. The van der Waals surface area contributed by atoms with Crippen molar-refractivity contribution >= 4 is 28.3 Å². The summed E-state index contributed by atoms with van der Waals surface area (Å²) in [6, 6.07) is 11.8. The molecule has 0 bridgehead atoms. The number of ether oxygens (including phenoxy) is 1. The van der Waals surface area contributed by atoms with Gasteiger partial charge in [-0.1, -0.05) is 12.1 Å². The molecule has 132 valence electrons. The topological polar surface area (TPSA) is 107 Å². The summed E-state index contributed by atoms with van der Waals surface area (Å²) in [6.07, 6.45) is 0. The second kappa shape index (κ2) is 7.28. The van der Waals surface area contributed by atoms with Crippen LogP contribution in [0.15, 0.2) is 42.5 Å². The third kappa shape index (κ3) is 3.52. The molecule has 0 aliphatic rings. The van der Waals surface area contributed by atoms with E-state index in [4.69, 9.17) is 4.74 Å². The van der Waals surface area contributed by atoms with Gasteiger partial charge in [0.05, 0.1) is 12.0 Å². The Kier molecular flexibility index (Phi) is 4.90. The number of nitro benzene ring substituents is 1. The molecule has 1 N–H and O–H groups in total. The van der Waals surface area contributed by atoms with E-state index in [1.54, 1.807) is 50.4 Å². The summed E-state index contributed by atoms with van der Waals surface area (Å²) in [4.78, 5) is 27.4. The Bertz CT molecular complexity index is 969. The van der Waals surface area contributed by atoms with Crippen LogP contribution < -0.4 is 10.1 Å². The lowest BCUT2D eigenvalue weighted by Gasteiger charge is -2.04. The first-order valence-corrected chi connectivity index (χ1v) is 8.30. The predicted molar refractivity (Wildman–Crippen MR) is 97.7 cm³/mol. The van der Waals surface area contributed by atoms with Gasteiger partial charge in [0.15, 0.2) is 5.82 Å². The number of rotatable bonds is 5. The normalized spacial score (nSPS) is 10.4. The smallest absolute Gasteiger partial charge is 0.285 e. The van der Waals surface area contributed by atoms with E-state index in [0.29, 0.717) is 17.1 Å². The van der Waals surface area contributed by atoms with Crippen LogP contribution in [0.2, 0.25) is 0 Å². The van der Waals surface area contributed by atoms with Crippen LogP contribution in [-0.2, 0) is 0 Å². The number of aromatic nitrogens is 2. The van der Waals surface area contributed by atoms with Gasteiger partial charge in [0, 0.05) is 22.7 Å². The molecule has 3 rings (SSSR count). The predicted octanol–water partition coefficient (Wildman–Crippen LogP) is 3.68. The molecular formula is C17H14N4O4S. The standard InChI is InChI=1S/C17H14N4O4S/c1-10-4-3-5-13(14(10)21(23)24)16(22)19-17-18-15(20-26-17)11-6-8-12(25-2)9-7-11/h3-9H,1-2H3,(H,18,19,20,22). The van der Waals surface area contributed by atoms with Crippen molar-refractivity contribution in [1.82, 2.24) is 9.36 Å². The zero-order valence-corrected chi connectivity index (χ0v) is 14.7. The minimum absolute atomic E-state index is 0.0174. The lowest BCUT2D eigenvalue weighted by molar-refractivity contribution is -0.385. The summed E-state index contributed by atoms with van der Waals surface area (Å²) in [7, 11) is 1.58. The number of benzene rings is 2. The molecule has 1 heterocycles. The summed E-state index contributed by atoms with van der Waals surface area (Å²) >= 11 is 1.00. The number of carbonyl (C=O) groups excluding carboxylic acids is 1. The molecule has 0 atom stereocenters. The van der Waals surface area contributed by atoms with Crippen LogP contribution >= 0.6 is 11.5 Å². The maximum atomic E-state index is 12.4. The zero-order valence-electron chi connectivity index (χ0n) is 13.9. The van der Waals surface area contributed by atoms with E-state index in [0.717, 1.165) is 17.1 Å². The Morgan fingerprint density at radius 1 is 1.23 bits per heavy atom. The van der Waals surface area contributed by atoms with E-state index in [1.165, 1.54) is 6.07 Å². The molecule has 0 radical (unpaired) electrons. The molecule has 1 amide bonds. The molecule has 0 unspecified atom stereocenters. The largest absolute Gasteiger partial charge is 0.497 e. The van der Waals surface area contributed by atoms with Crippen molar-refractivity contribution in [2.45, 2.75) is 6.92 Å². The highest BCUT2D eigenvalue weighted by molar-refractivity contribution is 7.10. The van der Waals surface area contributed by atoms with Crippen molar-refractivity contribution in [3.63, 3.8) is 0 Å². The van der Waals surface area contributed by atoms with Crippen LogP contribution in [0.25, 0.3) is 11.4 Å². The van der Waals surface area contributed by atoms with E-state index in [1.807, 2.05) is 0 Å². The summed E-state index contributed by atoms with van der Waals surface area (Å²) in [5.41, 5.74) is 0.948. The molecule has 0 spiro atoms. The number of nitrogens with zero attached hydrogens (tertiary/aromatic N) is 3. The fourth-order valence-corrected chi connectivity index (χ4v) is 2.97. The van der Waals surface area contributed by atoms with Gasteiger partial charge >= 0.3 is 0 Å². The number of methoxy groups -OCH3 is 1. The average molecular weight is 370 g/mol. The minimum atomic E-state index is -0.599. The fraction of sp³-hybridized carbons (Fsp3) is 0.118. The second-order valence-corrected chi connectivity index (χ2v) is 6.09. The Morgan fingerprint density at radius 2 is 1.96 bits per heavy atom. The molecule has 26 heavy (non-hydrogen) atoms. The quantitative estimate of drug-likeness (QED) is 0.542. The van der Waals surface area contributed by atoms with Gasteiger partial charge in [0.1, 0.15) is 11.3 Å². The number of aryl methyl sites for hydroxylation is 1. The van der Waals surface area contributed by atoms with Crippen molar-refractivity contribution in [3.8, 4) is 17.1 Å². The first-order chi connectivity index (χ1) is 12.5. The maximum Gasteiger partial charge on any atom is 0.285 e. The van der Waals surface area contributed by atoms with Crippen LogP contribution in [0.5, 0.6) is 5.75 Å². The van der Waals surface area contributed by atoms with Gasteiger partial charge in [0.25, 0.3) is 11.6 Å². The van der Waals surface area contributed by atoms with Crippen molar-refractivity contribution in [1.29, 1.82) is 0 Å². The van der Waals surface area contributed by atoms with Crippen LogP contribution in [0, 0.1) is 17.0 Å². The van der Waals surface area contributed by atoms with Crippen molar-refractivity contribution < 1.29 is 14.5 Å². The SMILES string of the molecule is COc1ccc(-c2nsc(NC(=O)c3cccc(C)c3[N+](=O)[O-])n2)cc1. The van der Waals surface area contributed by atoms with E-state index < -0.39 is 10.8 Å². The average Bonchev–Trinajstić information content (AvgIpc) is 3.09. The third-order valence-corrected chi connectivity index (χ3v) is 4.29. The zero-order chi connectivity index (χ0) is 18.7. The Hall–Kier alpha value is -3.33. The number of nitrogens with one attached hydrogen (secondary N) is 1. The van der Waals surface area contributed by atoms with E-state index in [-0.39, 0.29) is 16.4 Å². The van der Waals surface area contributed by atoms with Gasteiger partial charge < -0.3 is 4.74 Å². The van der Waals surface area contributed by atoms with Crippen LogP contribution in [-0.4, -0.2) is 27.3 Å². The van der Waals surface area contributed by atoms with E-state index in [2.05, 4.69) is 14.7 Å². The monoisotopic (exact) mass is 370 g/mol. The molecular weight excluding hydrogens is 356 g/mol. The van der Waals surface area contributed by atoms with E-state index >= 15 is 0 Å². The van der Waals surface area contributed by atoms with Gasteiger partial charge in [-0.2, -0.15) is 9.36 Å². The Morgan fingerprint density at radius 3 is 2.62 bits per heavy atom. The first-order valence-electron chi connectivity index (χ1n) is 7.53. The van der Waals surface area contributed by atoms with E-state index in [9.17, 15) is 14.9 Å². The molecule has 1 aromatic heterocycles. The molecule has 9 heteroatoms. The summed E-state index contributed by atoms with van der Waals surface area (Å²) in [6.45, 7) is 1.58. The maximum absolute atomic E-state index is 12.4. The highest BCUT2D eigenvalue weighted by Gasteiger charge is 2.23. The lowest BCUT2D eigenvalue weighted by atomic mass is 10.1. The number of amides is 1. The Balaban J connectivity index is 1.82. The molecule has 0 aliphatic heterocycles. The van der Waals surface area contributed by atoms with Crippen molar-refractivity contribution in [2.24, 2.45) is 0 Å². The first kappa shape index (κ1) is 17.5. The third-order valence-electron chi connectivity index (χ3n) is 3.66. The fourth-order valence-electron chi connectivity index (χ4n) is 2.38. The molecule has 2 aromatic carbocycles. The number of nitro groups is 1. The summed E-state index contributed by atoms with van der Waals surface area (Å²) in [5, 5.41) is 14.1. The van der Waals surface area contributed by atoms with Gasteiger partial charge in [0.2, 0.25) is 5.13 Å². The molecule has 3 aromatic rings. The molecule has 0 fully saturated rings. The van der Waals surface area contributed by atoms with Crippen molar-refractivity contribution in [3.05, 3.63) is 63.7 Å². The van der Waals surface area contributed by atoms with Gasteiger partial charge in [-0.15, -0.1) is 0 Å². The number of para-hydroxylation sites is 1. The van der Waals surface area contributed by atoms with Gasteiger partial charge in [-0.3, -0.25) is 20.2 Å². The number of hydrogen-bond donors (Lipinski definition) is 1. The summed E-state index contributed by atoms with van der Waals surface area (Å²) in [5.74, 6) is 0.564. The Labute approximate surface area is 152 Å². The minimum Gasteiger partial charge on any atom is -0.497 e. The number of hydrogen-bond acceptors (Lipinski definition) is 7. The van der Waals surface area contributed by atoms with Gasteiger partial charge in [-0.25, -0.2) is 0 Å². The highest BCUT2D eigenvalue weighted by atomic mass is 32.1. The molecule has 8 nitrogen and oxygen atoms in total. The summed E-state index contributed by atoms with van der Waals surface area (Å²) < 4.78 is 9.31.